The monoisotopic (exact) mass is 274 g/mol. The predicted octanol–water partition coefficient (Wildman–Crippen LogP) is 2.73. The summed E-state index contributed by atoms with van der Waals surface area (Å²) in [7, 11) is 2.01. The van der Waals surface area contributed by atoms with Crippen LogP contribution in [0.15, 0.2) is 6.33 Å². The highest BCUT2D eigenvalue weighted by Gasteiger charge is 2.49. The molecule has 0 aromatic carbocycles. The SMILES string of the molecule is CNC(C)(C)c1nncn1C1C2CC3CC(C2)CC1C3. The van der Waals surface area contributed by atoms with Gasteiger partial charge in [-0.25, -0.2) is 0 Å². The summed E-state index contributed by atoms with van der Waals surface area (Å²) in [5, 5.41) is 12.1. The Balaban J connectivity index is 1.70. The standard InChI is InChI=1S/C16H26N4/c1-16(2,17-3)15-19-18-9-20(15)14-12-5-10-4-11(7-12)8-13(14)6-10/h9-14,17H,4-8H2,1-3H3. The van der Waals surface area contributed by atoms with Crippen LogP contribution in [0, 0.1) is 23.7 Å². The lowest BCUT2D eigenvalue weighted by atomic mass is 9.54. The second kappa shape index (κ2) is 4.30. The molecule has 20 heavy (non-hydrogen) atoms. The first-order chi connectivity index (χ1) is 9.58. The summed E-state index contributed by atoms with van der Waals surface area (Å²) in [6.07, 6.45) is 9.26. The lowest BCUT2D eigenvalue weighted by molar-refractivity contribution is -0.0313. The summed E-state index contributed by atoms with van der Waals surface area (Å²) in [6.45, 7) is 4.40. The summed E-state index contributed by atoms with van der Waals surface area (Å²) >= 11 is 0. The Morgan fingerprint density at radius 2 is 1.70 bits per heavy atom. The van der Waals surface area contributed by atoms with Crippen LogP contribution >= 0.6 is 0 Å². The van der Waals surface area contributed by atoms with E-state index in [4.69, 9.17) is 0 Å². The maximum atomic E-state index is 4.44. The first-order valence-corrected chi connectivity index (χ1v) is 8.17. The molecule has 4 saturated carbocycles. The first kappa shape index (κ1) is 12.8. The van der Waals surface area contributed by atoms with E-state index in [9.17, 15) is 0 Å². The van der Waals surface area contributed by atoms with Crippen molar-refractivity contribution in [3.8, 4) is 0 Å². The van der Waals surface area contributed by atoms with Gasteiger partial charge < -0.3 is 9.88 Å². The maximum Gasteiger partial charge on any atom is 0.152 e. The molecule has 0 atom stereocenters. The highest BCUT2D eigenvalue weighted by Crippen LogP contribution is 2.58. The molecule has 4 heteroatoms. The summed E-state index contributed by atoms with van der Waals surface area (Å²) in [6, 6.07) is 0.653. The molecule has 1 aromatic rings. The average Bonchev–Trinajstić information content (AvgIpc) is 2.87. The van der Waals surface area contributed by atoms with Gasteiger partial charge in [0.2, 0.25) is 0 Å². The van der Waals surface area contributed by atoms with Crippen molar-refractivity contribution < 1.29 is 0 Å². The number of aromatic nitrogens is 3. The fourth-order valence-corrected chi connectivity index (χ4v) is 5.37. The second-order valence-corrected chi connectivity index (χ2v) is 7.86. The zero-order chi connectivity index (χ0) is 13.9. The van der Waals surface area contributed by atoms with Crippen molar-refractivity contribution in [2.24, 2.45) is 23.7 Å². The molecular weight excluding hydrogens is 248 g/mol. The van der Waals surface area contributed by atoms with Crippen LogP contribution in [-0.2, 0) is 5.54 Å². The molecule has 0 aliphatic heterocycles. The van der Waals surface area contributed by atoms with Gasteiger partial charge in [0.1, 0.15) is 6.33 Å². The topological polar surface area (TPSA) is 42.7 Å². The third-order valence-electron chi connectivity index (χ3n) is 6.26. The van der Waals surface area contributed by atoms with Gasteiger partial charge in [-0.1, -0.05) is 0 Å². The van der Waals surface area contributed by atoms with Crippen molar-refractivity contribution in [2.45, 2.75) is 57.5 Å². The fraction of sp³-hybridized carbons (Fsp3) is 0.875. The number of hydrogen-bond donors (Lipinski definition) is 1. The molecular formula is C16H26N4. The van der Waals surface area contributed by atoms with Crippen LogP contribution in [0.5, 0.6) is 0 Å². The molecule has 0 spiro atoms. The van der Waals surface area contributed by atoms with E-state index < -0.39 is 0 Å². The maximum absolute atomic E-state index is 4.44. The van der Waals surface area contributed by atoms with Crippen LogP contribution in [0.25, 0.3) is 0 Å². The van der Waals surface area contributed by atoms with E-state index in [1.807, 2.05) is 13.4 Å². The van der Waals surface area contributed by atoms with Crippen molar-refractivity contribution in [1.82, 2.24) is 20.1 Å². The highest BCUT2D eigenvalue weighted by molar-refractivity contribution is 5.08. The zero-order valence-corrected chi connectivity index (χ0v) is 12.8. The Bertz CT molecular complexity index is 476. The average molecular weight is 274 g/mol. The van der Waals surface area contributed by atoms with Crippen LogP contribution in [0.1, 0.15) is 57.8 Å². The minimum atomic E-state index is -0.106. The Morgan fingerprint density at radius 3 is 2.25 bits per heavy atom. The summed E-state index contributed by atoms with van der Waals surface area (Å²) in [5.74, 6) is 4.89. The van der Waals surface area contributed by atoms with Gasteiger partial charge >= 0.3 is 0 Å². The van der Waals surface area contributed by atoms with Crippen molar-refractivity contribution in [2.75, 3.05) is 7.05 Å². The van der Waals surface area contributed by atoms with Crippen molar-refractivity contribution >= 4 is 0 Å². The smallest absolute Gasteiger partial charge is 0.152 e. The Hall–Kier alpha value is -0.900. The van der Waals surface area contributed by atoms with Crippen molar-refractivity contribution in [3.05, 3.63) is 12.2 Å². The fourth-order valence-electron chi connectivity index (χ4n) is 5.37. The van der Waals surface area contributed by atoms with E-state index in [1.54, 1.807) is 0 Å². The van der Waals surface area contributed by atoms with Gasteiger partial charge in [0.25, 0.3) is 0 Å². The molecule has 0 unspecified atom stereocenters. The molecule has 4 aliphatic carbocycles. The van der Waals surface area contributed by atoms with E-state index in [1.165, 1.54) is 32.1 Å². The molecule has 0 radical (unpaired) electrons. The van der Waals surface area contributed by atoms with Crippen molar-refractivity contribution in [3.63, 3.8) is 0 Å². The van der Waals surface area contributed by atoms with Crippen LogP contribution in [0.3, 0.4) is 0 Å². The molecule has 4 aliphatic rings. The molecule has 4 fully saturated rings. The number of nitrogens with zero attached hydrogens (tertiary/aromatic N) is 3. The van der Waals surface area contributed by atoms with E-state index in [2.05, 4.69) is 33.9 Å². The zero-order valence-electron chi connectivity index (χ0n) is 12.8. The van der Waals surface area contributed by atoms with Gasteiger partial charge in [-0.2, -0.15) is 0 Å². The molecule has 0 amide bonds. The Labute approximate surface area is 121 Å². The molecule has 1 heterocycles. The summed E-state index contributed by atoms with van der Waals surface area (Å²) < 4.78 is 2.42. The second-order valence-electron chi connectivity index (χ2n) is 7.86. The van der Waals surface area contributed by atoms with E-state index >= 15 is 0 Å². The predicted molar refractivity (Wildman–Crippen MR) is 78.2 cm³/mol. The molecule has 1 N–H and O–H groups in total. The third kappa shape index (κ3) is 1.77. The molecule has 0 saturated heterocycles. The van der Waals surface area contributed by atoms with Crippen molar-refractivity contribution in [1.29, 1.82) is 0 Å². The minimum absolute atomic E-state index is 0.106. The van der Waals surface area contributed by atoms with Gasteiger partial charge in [0.05, 0.1) is 5.54 Å². The van der Waals surface area contributed by atoms with Gasteiger partial charge in [0, 0.05) is 6.04 Å². The Morgan fingerprint density at radius 1 is 1.10 bits per heavy atom. The normalized spacial score (nSPS) is 39.5. The van der Waals surface area contributed by atoms with Gasteiger partial charge in [-0.3, -0.25) is 0 Å². The summed E-state index contributed by atoms with van der Waals surface area (Å²) in [4.78, 5) is 0. The number of nitrogens with one attached hydrogen (secondary N) is 1. The number of rotatable bonds is 3. The molecule has 5 rings (SSSR count). The number of hydrogen-bond acceptors (Lipinski definition) is 3. The highest BCUT2D eigenvalue weighted by atomic mass is 15.3. The van der Waals surface area contributed by atoms with E-state index in [0.29, 0.717) is 6.04 Å². The lowest BCUT2D eigenvalue weighted by Gasteiger charge is -2.55. The van der Waals surface area contributed by atoms with Crippen LogP contribution in [-0.4, -0.2) is 21.8 Å². The Kier molecular flexibility index (Phi) is 2.75. The van der Waals surface area contributed by atoms with Gasteiger partial charge in [-0.05, 0) is 76.7 Å². The third-order valence-corrected chi connectivity index (χ3v) is 6.26. The largest absolute Gasteiger partial charge is 0.312 e. The van der Waals surface area contributed by atoms with Crippen LogP contribution in [0.2, 0.25) is 0 Å². The molecule has 110 valence electrons. The molecule has 1 aromatic heterocycles. The minimum Gasteiger partial charge on any atom is -0.312 e. The first-order valence-electron chi connectivity index (χ1n) is 8.17. The quantitative estimate of drug-likeness (QED) is 0.921. The summed E-state index contributed by atoms with van der Waals surface area (Å²) in [5.41, 5.74) is -0.106. The lowest BCUT2D eigenvalue weighted by Crippen LogP contribution is -2.47. The van der Waals surface area contributed by atoms with Crippen LogP contribution < -0.4 is 5.32 Å². The van der Waals surface area contributed by atoms with E-state index in [0.717, 1.165) is 29.5 Å². The molecule has 4 nitrogen and oxygen atoms in total. The van der Waals surface area contributed by atoms with Crippen LogP contribution in [0.4, 0.5) is 0 Å². The van der Waals surface area contributed by atoms with Gasteiger partial charge in [0.15, 0.2) is 5.82 Å². The van der Waals surface area contributed by atoms with Gasteiger partial charge in [-0.15, -0.1) is 10.2 Å². The van der Waals surface area contributed by atoms with E-state index in [-0.39, 0.29) is 5.54 Å². The molecule has 4 bridgehead atoms.